The molecule has 1 aromatic rings. The Morgan fingerprint density at radius 2 is 2.22 bits per heavy atom. The highest BCUT2D eigenvalue weighted by Crippen LogP contribution is 2.31. The van der Waals surface area contributed by atoms with E-state index < -0.39 is 0 Å². The van der Waals surface area contributed by atoms with Crippen LogP contribution in [-0.2, 0) is 4.79 Å². The third-order valence-electron chi connectivity index (χ3n) is 3.06. The summed E-state index contributed by atoms with van der Waals surface area (Å²) in [7, 11) is 0. The quantitative estimate of drug-likeness (QED) is 0.857. The molecule has 7 heteroatoms. The maximum Gasteiger partial charge on any atom is 0.237 e. The highest BCUT2D eigenvalue weighted by molar-refractivity contribution is 9.10. The molecule has 2 N–H and O–H groups in total. The Hall–Kier alpha value is -0.880. The van der Waals surface area contributed by atoms with Gasteiger partial charge in [-0.2, -0.15) is 4.98 Å². The van der Waals surface area contributed by atoms with E-state index in [1.807, 2.05) is 4.90 Å². The standard InChI is InChI=1S/C11H14BrClN4O/c12-8-5-15-11(13)16-10(8)17(6-9(14)18)7-3-1-2-4-7/h5,7H,1-4,6H2,(H2,14,18). The van der Waals surface area contributed by atoms with Crippen LogP contribution in [0.2, 0.25) is 5.28 Å². The van der Waals surface area contributed by atoms with Crippen LogP contribution >= 0.6 is 27.5 Å². The molecule has 5 nitrogen and oxygen atoms in total. The van der Waals surface area contributed by atoms with Gasteiger partial charge in [0.15, 0.2) is 0 Å². The zero-order valence-electron chi connectivity index (χ0n) is 9.77. The predicted molar refractivity (Wildman–Crippen MR) is 73.5 cm³/mol. The summed E-state index contributed by atoms with van der Waals surface area (Å²) in [6, 6.07) is 0.291. The van der Waals surface area contributed by atoms with Crippen molar-refractivity contribution in [2.24, 2.45) is 5.73 Å². The van der Waals surface area contributed by atoms with Crippen LogP contribution in [0, 0.1) is 0 Å². The average molecular weight is 334 g/mol. The molecule has 1 aliphatic carbocycles. The zero-order chi connectivity index (χ0) is 13.1. The van der Waals surface area contributed by atoms with Gasteiger partial charge < -0.3 is 10.6 Å². The second kappa shape index (κ2) is 5.84. The Balaban J connectivity index is 2.31. The smallest absolute Gasteiger partial charge is 0.237 e. The summed E-state index contributed by atoms with van der Waals surface area (Å²) in [6.45, 7) is 0.149. The number of nitrogens with zero attached hydrogens (tertiary/aromatic N) is 3. The molecule has 2 rings (SSSR count). The molecule has 98 valence electrons. The first kappa shape index (κ1) is 13.5. The summed E-state index contributed by atoms with van der Waals surface area (Å²) in [5, 5.41) is 0.167. The van der Waals surface area contributed by atoms with E-state index in [2.05, 4.69) is 25.9 Å². The van der Waals surface area contributed by atoms with E-state index in [1.165, 1.54) is 0 Å². The molecule has 1 aromatic heterocycles. The molecule has 0 atom stereocenters. The van der Waals surface area contributed by atoms with Crippen LogP contribution in [0.3, 0.4) is 0 Å². The fraction of sp³-hybridized carbons (Fsp3) is 0.545. The van der Waals surface area contributed by atoms with Gasteiger partial charge in [0.05, 0.1) is 11.0 Å². The molecule has 0 bridgehead atoms. The van der Waals surface area contributed by atoms with Crippen LogP contribution < -0.4 is 10.6 Å². The number of nitrogens with two attached hydrogens (primary N) is 1. The Bertz CT molecular complexity index is 451. The molecule has 0 aromatic carbocycles. The minimum atomic E-state index is -0.372. The molecule has 0 unspecified atom stereocenters. The van der Waals surface area contributed by atoms with Gasteiger partial charge in [-0.15, -0.1) is 0 Å². The van der Waals surface area contributed by atoms with Gasteiger partial charge in [0.25, 0.3) is 0 Å². The van der Waals surface area contributed by atoms with Crippen molar-refractivity contribution >= 4 is 39.3 Å². The van der Waals surface area contributed by atoms with Crippen LogP contribution in [0.1, 0.15) is 25.7 Å². The lowest BCUT2D eigenvalue weighted by atomic mass is 10.2. The van der Waals surface area contributed by atoms with Crippen molar-refractivity contribution < 1.29 is 4.79 Å². The van der Waals surface area contributed by atoms with Gasteiger partial charge in [0.1, 0.15) is 5.82 Å². The monoisotopic (exact) mass is 332 g/mol. The molecule has 1 heterocycles. The largest absolute Gasteiger partial charge is 0.368 e. The number of amides is 1. The third kappa shape index (κ3) is 3.11. The van der Waals surface area contributed by atoms with E-state index in [0.29, 0.717) is 11.9 Å². The van der Waals surface area contributed by atoms with E-state index in [9.17, 15) is 4.79 Å². The lowest BCUT2D eigenvalue weighted by Crippen LogP contribution is -2.41. The van der Waals surface area contributed by atoms with Gasteiger partial charge in [-0.3, -0.25) is 4.79 Å². The van der Waals surface area contributed by atoms with Crippen LogP contribution in [-0.4, -0.2) is 28.5 Å². The van der Waals surface area contributed by atoms with Crippen LogP contribution in [0.15, 0.2) is 10.7 Å². The van der Waals surface area contributed by atoms with Crippen molar-refractivity contribution in [3.63, 3.8) is 0 Å². The molecular weight excluding hydrogens is 320 g/mol. The zero-order valence-corrected chi connectivity index (χ0v) is 12.1. The topological polar surface area (TPSA) is 72.1 Å². The fourth-order valence-electron chi connectivity index (χ4n) is 2.30. The van der Waals surface area contributed by atoms with Gasteiger partial charge >= 0.3 is 0 Å². The van der Waals surface area contributed by atoms with E-state index in [4.69, 9.17) is 17.3 Å². The maximum atomic E-state index is 11.2. The number of rotatable bonds is 4. The van der Waals surface area contributed by atoms with Crippen molar-refractivity contribution in [2.45, 2.75) is 31.7 Å². The third-order valence-corrected chi connectivity index (χ3v) is 3.80. The normalized spacial score (nSPS) is 15.9. The van der Waals surface area contributed by atoms with Crippen molar-refractivity contribution in [3.8, 4) is 0 Å². The Labute approximate surface area is 119 Å². The molecule has 1 fully saturated rings. The Morgan fingerprint density at radius 3 is 2.83 bits per heavy atom. The maximum absolute atomic E-state index is 11.2. The molecule has 0 radical (unpaired) electrons. The second-order valence-electron chi connectivity index (χ2n) is 4.34. The van der Waals surface area contributed by atoms with Crippen LogP contribution in [0.5, 0.6) is 0 Å². The molecular formula is C11H14BrClN4O. The average Bonchev–Trinajstić information content (AvgIpc) is 2.82. The minimum Gasteiger partial charge on any atom is -0.368 e. The van der Waals surface area contributed by atoms with Crippen molar-refractivity contribution in [1.29, 1.82) is 0 Å². The van der Waals surface area contributed by atoms with Gasteiger partial charge in [-0.05, 0) is 40.4 Å². The fourth-order valence-corrected chi connectivity index (χ4v) is 2.85. The number of carbonyl (C=O) groups is 1. The van der Waals surface area contributed by atoms with Gasteiger partial charge in [0, 0.05) is 12.2 Å². The SMILES string of the molecule is NC(=O)CN(c1nc(Cl)ncc1Br)C1CCCC1. The first-order valence-electron chi connectivity index (χ1n) is 5.81. The number of anilines is 1. The number of hydrogen-bond donors (Lipinski definition) is 1. The molecule has 1 amide bonds. The summed E-state index contributed by atoms with van der Waals surface area (Å²) in [4.78, 5) is 21.2. The molecule has 1 saturated carbocycles. The molecule has 0 aliphatic heterocycles. The van der Waals surface area contributed by atoms with E-state index >= 15 is 0 Å². The van der Waals surface area contributed by atoms with Gasteiger partial charge in [-0.1, -0.05) is 12.8 Å². The molecule has 1 aliphatic rings. The lowest BCUT2D eigenvalue weighted by Gasteiger charge is -2.29. The van der Waals surface area contributed by atoms with Gasteiger partial charge in [0.2, 0.25) is 11.2 Å². The first-order chi connectivity index (χ1) is 8.58. The number of hydrogen-bond acceptors (Lipinski definition) is 4. The van der Waals surface area contributed by atoms with Crippen molar-refractivity contribution in [2.75, 3.05) is 11.4 Å². The predicted octanol–water partition coefficient (Wildman–Crippen LogP) is 2.13. The highest BCUT2D eigenvalue weighted by Gasteiger charge is 2.26. The summed E-state index contributed by atoms with van der Waals surface area (Å²) in [5.74, 6) is 0.268. The molecule has 0 saturated heterocycles. The Morgan fingerprint density at radius 1 is 1.56 bits per heavy atom. The highest BCUT2D eigenvalue weighted by atomic mass is 79.9. The number of aromatic nitrogens is 2. The number of halogens is 2. The van der Waals surface area contributed by atoms with Gasteiger partial charge in [-0.25, -0.2) is 4.98 Å². The molecule has 0 spiro atoms. The summed E-state index contributed by atoms with van der Waals surface area (Å²) < 4.78 is 0.722. The summed E-state index contributed by atoms with van der Waals surface area (Å²) in [5.41, 5.74) is 5.31. The number of primary amides is 1. The van der Waals surface area contributed by atoms with Crippen molar-refractivity contribution in [1.82, 2.24) is 9.97 Å². The first-order valence-corrected chi connectivity index (χ1v) is 6.98. The second-order valence-corrected chi connectivity index (χ2v) is 5.54. The summed E-state index contributed by atoms with van der Waals surface area (Å²) >= 11 is 9.21. The van der Waals surface area contributed by atoms with E-state index in [0.717, 1.165) is 30.2 Å². The molecule has 18 heavy (non-hydrogen) atoms. The van der Waals surface area contributed by atoms with E-state index in [-0.39, 0.29) is 17.7 Å². The Kier molecular flexibility index (Phi) is 4.40. The van der Waals surface area contributed by atoms with Crippen LogP contribution in [0.25, 0.3) is 0 Å². The lowest BCUT2D eigenvalue weighted by molar-refractivity contribution is -0.116. The van der Waals surface area contributed by atoms with Crippen LogP contribution in [0.4, 0.5) is 5.82 Å². The van der Waals surface area contributed by atoms with E-state index in [1.54, 1.807) is 6.20 Å². The minimum absolute atomic E-state index is 0.149. The summed E-state index contributed by atoms with van der Waals surface area (Å²) in [6.07, 6.45) is 6.00. The number of carbonyl (C=O) groups excluding carboxylic acids is 1. The van der Waals surface area contributed by atoms with Crippen molar-refractivity contribution in [3.05, 3.63) is 16.0 Å².